The van der Waals surface area contributed by atoms with Crippen LogP contribution in [0.1, 0.15) is 72.1 Å². The molecule has 274 valence electrons. The quantitative estimate of drug-likeness (QED) is 0.145. The standard InChI is InChI=1S/C36H52O13/c1-17-29(48-31-27(41)26(40)25(39)22(15-37)47-31)30(43-4)28(42)32(45-17)46-20-6-9-33(2)19(14-20)5-11-35-23(33)8-10-34(3)21(7-12-36(34,35)49-35)18-13-24(38)44-16-18/h7,13,17,19-20,22-23,25-32,37,39-42H,5-6,8-12,14-16H2,1-4H3/t17-,19-,20+,22-,23-,25-,26+,27-,28-,29+,30-,31+,32+,33+,34-,35+,36-/m0/s1. The molecule has 3 saturated carbocycles. The number of hydrogen-bond donors (Lipinski definition) is 5. The van der Waals surface area contributed by atoms with Gasteiger partial charge in [-0.2, -0.15) is 0 Å². The zero-order chi connectivity index (χ0) is 34.7. The van der Waals surface area contributed by atoms with Crippen LogP contribution in [0, 0.1) is 22.7 Å². The highest BCUT2D eigenvalue weighted by atomic mass is 16.7. The second kappa shape index (κ2) is 12.0. The molecule has 0 aromatic carbocycles. The molecule has 0 aromatic heterocycles. The van der Waals surface area contributed by atoms with E-state index in [2.05, 4.69) is 19.9 Å². The van der Waals surface area contributed by atoms with Crippen molar-refractivity contribution in [2.45, 2.75) is 151 Å². The van der Waals surface area contributed by atoms with Crippen LogP contribution in [0.2, 0.25) is 0 Å². The molecule has 5 N–H and O–H groups in total. The van der Waals surface area contributed by atoms with E-state index in [4.69, 9.17) is 33.2 Å². The number of methoxy groups -OCH3 is 1. The van der Waals surface area contributed by atoms with Crippen molar-refractivity contribution in [3.63, 3.8) is 0 Å². The van der Waals surface area contributed by atoms with E-state index in [1.165, 1.54) is 12.7 Å². The first-order chi connectivity index (χ1) is 23.3. The average molecular weight is 693 g/mol. The summed E-state index contributed by atoms with van der Waals surface area (Å²) in [6, 6.07) is 0. The van der Waals surface area contributed by atoms with Crippen molar-refractivity contribution in [1.82, 2.24) is 0 Å². The highest BCUT2D eigenvalue weighted by Gasteiger charge is 2.85. The molecule has 0 unspecified atom stereocenters. The van der Waals surface area contributed by atoms with Crippen molar-refractivity contribution in [2.75, 3.05) is 20.3 Å². The second-order valence-electron chi connectivity index (χ2n) is 16.3. The number of esters is 1. The van der Waals surface area contributed by atoms with Crippen LogP contribution in [0.5, 0.6) is 0 Å². The summed E-state index contributed by atoms with van der Waals surface area (Å²) >= 11 is 0. The van der Waals surface area contributed by atoms with Crippen LogP contribution in [-0.4, -0.2) is 131 Å². The van der Waals surface area contributed by atoms with E-state index in [0.29, 0.717) is 18.4 Å². The summed E-state index contributed by atoms with van der Waals surface area (Å²) in [5.41, 5.74) is 1.85. The molecule has 0 radical (unpaired) electrons. The zero-order valence-electron chi connectivity index (χ0n) is 28.7. The fourth-order valence-corrected chi connectivity index (χ4v) is 11.5. The number of ether oxygens (including phenoxy) is 7. The molecular formula is C36H52O13. The summed E-state index contributed by atoms with van der Waals surface area (Å²) in [6.07, 6.45) is -0.346. The number of carbonyl (C=O) groups is 1. The Bertz CT molecular complexity index is 1380. The molecule has 2 spiro atoms. The largest absolute Gasteiger partial charge is 0.458 e. The van der Waals surface area contributed by atoms with Gasteiger partial charge in [0.1, 0.15) is 60.5 Å². The molecule has 49 heavy (non-hydrogen) atoms. The molecule has 0 bridgehead atoms. The van der Waals surface area contributed by atoms with E-state index in [1.807, 2.05) is 0 Å². The third kappa shape index (κ3) is 4.87. The molecule has 0 aromatic rings. The smallest absolute Gasteiger partial charge is 0.331 e. The maximum atomic E-state index is 11.9. The van der Waals surface area contributed by atoms with Crippen molar-refractivity contribution in [2.24, 2.45) is 22.7 Å². The van der Waals surface area contributed by atoms with Crippen LogP contribution in [0.3, 0.4) is 0 Å². The van der Waals surface area contributed by atoms with Gasteiger partial charge in [0.15, 0.2) is 12.6 Å². The van der Waals surface area contributed by atoms with Crippen LogP contribution < -0.4 is 0 Å². The minimum Gasteiger partial charge on any atom is -0.458 e. The van der Waals surface area contributed by atoms with E-state index >= 15 is 0 Å². The number of rotatable bonds is 7. The number of carbonyl (C=O) groups excluding carboxylic acids is 1. The molecule has 8 rings (SSSR count). The van der Waals surface area contributed by atoms with E-state index in [1.54, 1.807) is 13.0 Å². The highest BCUT2D eigenvalue weighted by molar-refractivity contribution is 5.87. The topological polar surface area (TPSA) is 186 Å². The summed E-state index contributed by atoms with van der Waals surface area (Å²) in [7, 11) is 1.44. The predicted octanol–water partition coefficient (Wildman–Crippen LogP) is 1.02. The van der Waals surface area contributed by atoms with Gasteiger partial charge in [-0.3, -0.25) is 0 Å². The summed E-state index contributed by atoms with van der Waals surface area (Å²) in [5.74, 6) is 0.612. The number of aliphatic hydroxyl groups is 5. The van der Waals surface area contributed by atoms with Gasteiger partial charge in [0, 0.05) is 24.2 Å². The molecular weight excluding hydrogens is 640 g/mol. The number of aliphatic hydroxyl groups excluding tert-OH is 5. The average Bonchev–Trinajstić information content (AvgIpc) is 3.39. The van der Waals surface area contributed by atoms with Gasteiger partial charge in [-0.15, -0.1) is 0 Å². The molecule has 4 heterocycles. The lowest BCUT2D eigenvalue weighted by Crippen LogP contribution is -2.64. The van der Waals surface area contributed by atoms with Crippen LogP contribution in [0.25, 0.3) is 0 Å². The van der Waals surface area contributed by atoms with Gasteiger partial charge in [0.25, 0.3) is 0 Å². The first-order valence-electron chi connectivity index (χ1n) is 18.1. The Morgan fingerprint density at radius 2 is 1.69 bits per heavy atom. The van der Waals surface area contributed by atoms with E-state index < -0.39 is 68.0 Å². The lowest BCUT2D eigenvalue weighted by molar-refractivity contribution is -0.362. The van der Waals surface area contributed by atoms with Crippen molar-refractivity contribution in [3.8, 4) is 0 Å². The van der Waals surface area contributed by atoms with Gasteiger partial charge >= 0.3 is 5.97 Å². The van der Waals surface area contributed by atoms with Gasteiger partial charge in [0.05, 0.1) is 18.8 Å². The van der Waals surface area contributed by atoms with Gasteiger partial charge in [0.2, 0.25) is 0 Å². The maximum absolute atomic E-state index is 11.9. The summed E-state index contributed by atoms with van der Waals surface area (Å²) in [4.78, 5) is 11.9. The first kappa shape index (κ1) is 34.6. The minimum absolute atomic E-state index is 0.0934. The molecule has 3 saturated heterocycles. The van der Waals surface area contributed by atoms with Gasteiger partial charge in [-0.05, 0) is 81.1 Å². The molecule has 0 amide bonds. The number of cyclic esters (lactones) is 1. The normalized spacial score (nSPS) is 55.0. The highest BCUT2D eigenvalue weighted by Crippen LogP contribution is 2.80. The second-order valence-corrected chi connectivity index (χ2v) is 16.3. The van der Waals surface area contributed by atoms with Crippen LogP contribution in [0.4, 0.5) is 0 Å². The predicted molar refractivity (Wildman–Crippen MR) is 168 cm³/mol. The Hall–Kier alpha value is -1.49. The fraction of sp³-hybridized carbons (Fsp3) is 0.861. The Morgan fingerprint density at radius 3 is 2.41 bits per heavy atom. The van der Waals surface area contributed by atoms with Crippen LogP contribution >= 0.6 is 0 Å². The molecule has 4 aliphatic carbocycles. The lowest BCUT2D eigenvalue weighted by atomic mass is 9.44. The van der Waals surface area contributed by atoms with Crippen molar-refractivity contribution >= 4 is 5.97 Å². The molecule has 8 aliphatic rings. The fourth-order valence-electron chi connectivity index (χ4n) is 11.5. The summed E-state index contributed by atoms with van der Waals surface area (Å²) < 4.78 is 42.2. The molecule has 4 aliphatic heterocycles. The van der Waals surface area contributed by atoms with Crippen molar-refractivity contribution in [1.29, 1.82) is 0 Å². The summed E-state index contributed by atoms with van der Waals surface area (Å²) in [5, 5.41) is 51.9. The Labute approximate surface area is 286 Å². The van der Waals surface area contributed by atoms with E-state index in [-0.39, 0.29) is 34.1 Å². The lowest BCUT2D eigenvalue weighted by Gasteiger charge is -2.58. The molecule has 13 heteroatoms. The Kier molecular flexibility index (Phi) is 8.49. The minimum atomic E-state index is -1.59. The van der Waals surface area contributed by atoms with Gasteiger partial charge < -0.3 is 58.7 Å². The van der Waals surface area contributed by atoms with Crippen molar-refractivity contribution < 1.29 is 63.5 Å². The molecule has 17 atom stereocenters. The van der Waals surface area contributed by atoms with Crippen LogP contribution in [-0.2, 0) is 38.0 Å². The van der Waals surface area contributed by atoms with Gasteiger partial charge in [-0.1, -0.05) is 19.9 Å². The number of fused-ring (bicyclic) bond motifs is 2. The number of epoxide rings is 1. The summed E-state index contributed by atoms with van der Waals surface area (Å²) in [6.45, 7) is 6.30. The third-order valence-electron chi connectivity index (χ3n) is 14.2. The van der Waals surface area contributed by atoms with E-state index in [0.717, 1.165) is 56.9 Å². The van der Waals surface area contributed by atoms with E-state index in [9.17, 15) is 30.3 Å². The first-order valence-corrected chi connectivity index (χ1v) is 18.1. The van der Waals surface area contributed by atoms with Gasteiger partial charge in [-0.25, -0.2) is 4.79 Å². The zero-order valence-corrected chi connectivity index (χ0v) is 28.7. The Balaban J connectivity index is 0.917. The molecule has 13 nitrogen and oxygen atoms in total. The van der Waals surface area contributed by atoms with Crippen molar-refractivity contribution in [3.05, 3.63) is 23.3 Å². The monoisotopic (exact) mass is 692 g/mol. The molecule has 6 fully saturated rings. The van der Waals surface area contributed by atoms with Crippen LogP contribution in [0.15, 0.2) is 23.3 Å². The SMILES string of the molecule is CO[C@H]1[C@H](O)[C@@H](O[C@@H]2CC[C@]3(C)[C@@H](CC[C@]45O[C@]46CC=C(C4=CC(=O)OC4)[C@]6(C)CC[C@@H]35)C2)O[C@@H](C)[C@H]1O[C@H]1O[C@@H](CO)[C@H](O)[C@@H](O)[C@@H]1O. The Morgan fingerprint density at radius 1 is 0.918 bits per heavy atom. The third-order valence-corrected chi connectivity index (χ3v) is 14.2. The number of hydrogen-bond acceptors (Lipinski definition) is 13. The maximum Gasteiger partial charge on any atom is 0.331 e.